The van der Waals surface area contributed by atoms with Crippen molar-refractivity contribution >= 4 is 59.6 Å². The topological polar surface area (TPSA) is 26.3 Å². The van der Waals surface area contributed by atoms with E-state index in [0.717, 1.165) is 54.6 Å². The van der Waals surface area contributed by atoms with E-state index in [2.05, 4.69) is 142 Å². The summed E-state index contributed by atoms with van der Waals surface area (Å²) >= 11 is 0. The molecule has 0 atom stereocenters. The fourth-order valence-electron chi connectivity index (χ4n) is 8.61. The molecule has 0 radical (unpaired) electrons. The summed E-state index contributed by atoms with van der Waals surface area (Å²) in [7, 11) is -3.97. The second-order valence-corrected chi connectivity index (χ2v) is 25.9. The largest absolute Gasteiger partial charge is 0.464 e. The molecule has 5 aromatic rings. The number of hydrogen-bond donors (Lipinski definition) is 0. The Bertz CT molecular complexity index is 1690. The summed E-state index contributed by atoms with van der Waals surface area (Å²) in [4.78, 5) is 0. The van der Waals surface area contributed by atoms with Crippen LogP contribution in [-0.2, 0) is 0 Å². The third-order valence-electron chi connectivity index (χ3n) is 10.8. The van der Waals surface area contributed by atoms with Crippen LogP contribution >= 0.6 is 0 Å². The van der Waals surface area contributed by atoms with Gasteiger partial charge >= 0.3 is 0 Å². The molecule has 0 fully saturated rings. The summed E-state index contributed by atoms with van der Waals surface area (Å²) in [6.07, 6.45) is 3.57. The minimum atomic E-state index is -1.98. The van der Waals surface area contributed by atoms with E-state index >= 15 is 0 Å². The van der Waals surface area contributed by atoms with E-state index in [4.69, 9.17) is 8.83 Å². The molecular weight excluding hydrogens is 569 g/mol. The zero-order valence-corrected chi connectivity index (χ0v) is 30.9. The number of rotatable bonds is 6. The van der Waals surface area contributed by atoms with Crippen LogP contribution in [0.3, 0.4) is 0 Å². The summed E-state index contributed by atoms with van der Waals surface area (Å²) < 4.78 is 12.0. The third kappa shape index (κ3) is 5.05. The Kier molecular flexibility index (Phi) is 8.76. The second kappa shape index (κ2) is 12.0. The van der Waals surface area contributed by atoms with Crippen LogP contribution in [0.25, 0.3) is 43.5 Å². The molecule has 0 unspecified atom stereocenters. The van der Waals surface area contributed by atoms with Crippen molar-refractivity contribution in [2.75, 3.05) is 0 Å². The number of fused-ring (bicyclic) bond motifs is 4. The predicted octanol–water partition coefficient (Wildman–Crippen LogP) is 12.6. The lowest BCUT2D eigenvalue weighted by atomic mass is 9.91. The van der Waals surface area contributed by atoms with Crippen LogP contribution in [0.15, 0.2) is 57.8 Å². The molecule has 0 spiro atoms. The second-order valence-electron chi connectivity index (χ2n) is 14.8. The average molecular weight is 619 g/mol. The van der Waals surface area contributed by atoms with Gasteiger partial charge in [0.2, 0.25) is 0 Å². The maximum absolute atomic E-state index is 5.98. The van der Waals surface area contributed by atoms with E-state index in [0.29, 0.717) is 33.2 Å². The molecule has 3 aromatic carbocycles. The summed E-state index contributed by atoms with van der Waals surface area (Å²) in [6, 6.07) is 13.1. The number of benzene rings is 3. The van der Waals surface area contributed by atoms with E-state index < -0.39 is 16.1 Å². The van der Waals surface area contributed by atoms with Gasteiger partial charge in [0.1, 0.15) is 27.3 Å². The molecule has 5 rings (SSSR count). The fraction of sp³-hybridized carbons (Fsp3) is 0.450. The van der Waals surface area contributed by atoms with Gasteiger partial charge in [-0.05, 0) is 69.6 Å². The quantitative estimate of drug-likeness (QED) is 0.107. The molecular formula is C40H50O2Si2. The van der Waals surface area contributed by atoms with Crippen molar-refractivity contribution < 1.29 is 8.83 Å². The summed E-state index contributed by atoms with van der Waals surface area (Å²) in [5.74, 6) is 7.77. The first-order valence-corrected chi connectivity index (χ1v) is 21.1. The van der Waals surface area contributed by atoms with Gasteiger partial charge in [-0.25, -0.2) is 0 Å². The van der Waals surface area contributed by atoms with Crippen molar-refractivity contribution in [3.05, 3.63) is 60.1 Å². The highest BCUT2D eigenvalue weighted by Crippen LogP contribution is 2.43. The molecule has 0 N–H and O–H groups in total. The third-order valence-corrected chi connectivity index (χ3v) is 23.4. The van der Waals surface area contributed by atoms with Crippen LogP contribution in [-0.4, -0.2) is 16.1 Å². The normalized spacial score (nSPS) is 13.0. The van der Waals surface area contributed by atoms with Crippen molar-refractivity contribution in [3.63, 3.8) is 0 Å². The Labute approximate surface area is 267 Å². The van der Waals surface area contributed by atoms with Crippen LogP contribution in [0, 0.1) is 22.9 Å². The molecule has 0 saturated heterocycles. The highest BCUT2D eigenvalue weighted by atomic mass is 28.3. The first kappa shape index (κ1) is 32.2. The lowest BCUT2D eigenvalue weighted by Crippen LogP contribution is -2.43. The molecule has 230 valence electrons. The fourth-order valence-corrected chi connectivity index (χ4v) is 19.0. The van der Waals surface area contributed by atoms with Gasteiger partial charge in [0.05, 0.1) is 12.5 Å². The Morgan fingerprint density at radius 2 is 0.750 bits per heavy atom. The monoisotopic (exact) mass is 618 g/mol. The molecule has 0 saturated carbocycles. The molecule has 44 heavy (non-hydrogen) atoms. The minimum Gasteiger partial charge on any atom is -0.464 e. The van der Waals surface area contributed by atoms with E-state index in [9.17, 15) is 0 Å². The molecule has 2 aromatic heterocycles. The van der Waals surface area contributed by atoms with Crippen LogP contribution in [0.1, 0.15) is 94.2 Å². The maximum Gasteiger partial charge on any atom is 0.146 e. The molecule has 2 heterocycles. The zero-order valence-electron chi connectivity index (χ0n) is 28.9. The first-order chi connectivity index (χ1) is 20.7. The molecule has 0 bridgehead atoms. The predicted molar refractivity (Wildman–Crippen MR) is 197 cm³/mol. The summed E-state index contributed by atoms with van der Waals surface area (Å²) in [5, 5.41) is 6.74. The van der Waals surface area contributed by atoms with Crippen LogP contribution in [0.4, 0.5) is 0 Å². The van der Waals surface area contributed by atoms with Gasteiger partial charge in [-0.1, -0.05) is 94.9 Å². The van der Waals surface area contributed by atoms with E-state index in [-0.39, 0.29) is 0 Å². The van der Waals surface area contributed by atoms with Crippen molar-refractivity contribution in [3.8, 4) is 22.9 Å². The molecule has 0 aliphatic rings. The average Bonchev–Trinajstić information content (AvgIpc) is 3.59. The molecule has 4 heteroatoms. The standard InChI is InChI=1S/C40H50O2Si2/c1-25(2)43(26(3)4,27(5)6)19-15-33-35-21-31-13-17-42-40(31)24-38(35)34(16-20-44(28(7)8,29(9)10)30(11)12)36-22-32-14-18-41-39(32)23-37(33)36/h13-14,17-18,21-30H,1-12H3. The van der Waals surface area contributed by atoms with E-state index in [1.165, 1.54) is 0 Å². The Morgan fingerprint density at radius 3 is 1.05 bits per heavy atom. The lowest BCUT2D eigenvalue weighted by Gasteiger charge is -2.38. The summed E-state index contributed by atoms with van der Waals surface area (Å²) in [5.41, 5.74) is 15.3. The molecule has 0 aliphatic carbocycles. The van der Waals surface area contributed by atoms with Crippen LogP contribution < -0.4 is 0 Å². The highest BCUT2D eigenvalue weighted by molar-refractivity contribution is 6.91. The van der Waals surface area contributed by atoms with Crippen molar-refractivity contribution in [1.82, 2.24) is 0 Å². The van der Waals surface area contributed by atoms with Crippen LogP contribution in [0.5, 0.6) is 0 Å². The Morgan fingerprint density at radius 1 is 0.455 bits per heavy atom. The van der Waals surface area contributed by atoms with E-state index in [1.54, 1.807) is 12.5 Å². The lowest BCUT2D eigenvalue weighted by molar-refractivity contribution is 0.616. The van der Waals surface area contributed by atoms with Gasteiger partial charge in [0.15, 0.2) is 0 Å². The molecule has 0 amide bonds. The van der Waals surface area contributed by atoms with Crippen LogP contribution in [0.2, 0.25) is 33.2 Å². The van der Waals surface area contributed by atoms with Gasteiger partial charge in [0.25, 0.3) is 0 Å². The molecule has 0 aliphatic heterocycles. The zero-order chi connectivity index (χ0) is 32.1. The Balaban J connectivity index is 1.98. The van der Waals surface area contributed by atoms with E-state index in [1.807, 2.05) is 0 Å². The van der Waals surface area contributed by atoms with Crippen molar-refractivity contribution in [2.24, 2.45) is 0 Å². The van der Waals surface area contributed by atoms with Crippen molar-refractivity contribution in [2.45, 2.75) is 116 Å². The first-order valence-electron chi connectivity index (χ1n) is 16.6. The summed E-state index contributed by atoms with van der Waals surface area (Å²) in [6.45, 7) is 28.6. The smallest absolute Gasteiger partial charge is 0.146 e. The van der Waals surface area contributed by atoms with Gasteiger partial charge in [0, 0.05) is 43.4 Å². The Hall–Kier alpha value is -3.19. The maximum atomic E-state index is 5.98. The minimum absolute atomic E-state index is 0.552. The number of hydrogen-bond acceptors (Lipinski definition) is 2. The highest BCUT2D eigenvalue weighted by Gasteiger charge is 2.43. The van der Waals surface area contributed by atoms with Gasteiger partial charge in [-0.15, -0.1) is 11.1 Å². The molecule has 2 nitrogen and oxygen atoms in total. The van der Waals surface area contributed by atoms with Crippen molar-refractivity contribution in [1.29, 1.82) is 0 Å². The van der Waals surface area contributed by atoms with Gasteiger partial charge in [-0.3, -0.25) is 0 Å². The van der Waals surface area contributed by atoms with Gasteiger partial charge in [-0.2, -0.15) is 0 Å². The van der Waals surface area contributed by atoms with Gasteiger partial charge < -0.3 is 8.83 Å². The number of furan rings is 2. The SMILES string of the molecule is CC(C)[Si](C#Cc1c2cc3ccoc3cc2c(C#C[Si](C(C)C)(C(C)C)C(C)C)c2cc3ccoc3cc12)(C(C)C)C(C)C.